The average Bonchev–Trinajstić information content (AvgIpc) is 3.09. The molecule has 0 saturated carbocycles. The summed E-state index contributed by atoms with van der Waals surface area (Å²) in [6.45, 7) is 4.48. The summed E-state index contributed by atoms with van der Waals surface area (Å²) in [5, 5.41) is 4.79. The van der Waals surface area contributed by atoms with Gasteiger partial charge in [-0.2, -0.15) is 0 Å². The highest BCUT2D eigenvalue weighted by atomic mass is 16.5. The maximum atomic E-state index is 5.81. The zero-order valence-corrected chi connectivity index (χ0v) is 15.9. The molecule has 0 radical (unpaired) electrons. The van der Waals surface area contributed by atoms with E-state index in [4.69, 9.17) is 20.6 Å². The number of fused-ring (bicyclic) bond motifs is 1. The van der Waals surface area contributed by atoms with Crippen LogP contribution < -0.4 is 10.6 Å². The van der Waals surface area contributed by atoms with E-state index < -0.39 is 0 Å². The van der Waals surface area contributed by atoms with Crippen molar-refractivity contribution in [2.75, 3.05) is 45.3 Å². The van der Waals surface area contributed by atoms with Crippen molar-refractivity contribution in [1.82, 2.24) is 19.5 Å². The Kier molecular flexibility index (Phi) is 5.07. The number of aromatic nitrogens is 3. The molecule has 3 heterocycles. The van der Waals surface area contributed by atoms with Gasteiger partial charge in [-0.15, -0.1) is 5.10 Å². The average molecular weight is 366 g/mol. The fraction of sp³-hybridized carbons (Fsp3) is 0.400. The quantitative estimate of drug-likeness (QED) is 0.742. The lowest BCUT2D eigenvalue weighted by molar-refractivity contribution is 0.122. The summed E-state index contributed by atoms with van der Waals surface area (Å²) in [7, 11) is 4.14. The minimum Gasteiger partial charge on any atom is -0.378 e. The van der Waals surface area contributed by atoms with E-state index in [-0.39, 0.29) is 0 Å². The third-order valence-electron chi connectivity index (χ3n) is 4.73. The molecular weight excluding hydrogens is 340 g/mol. The first kappa shape index (κ1) is 17.9. The second-order valence-corrected chi connectivity index (χ2v) is 7.18. The summed E-state index contributed by atoms with van der Waals surface area (Å²) in [6, 6.07) is 10.3. The van der Waals surface area contributed by atoms with Gasteiger partial charge < -0.3 is 20.3 Å². The SMILES string of the molecule is CN(C)Cc1cc2c(N3CCOCC3)nc(-c3cccc(CN)c3)nn2c1. The van der Waals surface area contributed by atoms with Gasteiger partial charge in [-0.05, 0) is 37.4 Å². The minimum absolute atomic E-state index is 0.503. The van der Waals surface area contributed by atoms with Crippen LogP contribution in [0.3, 0.4) is 0 Å². The first-order valence-electron chi connectivity index (χ1n) is 9.30. The summed E-state index contributed by atoms with van der Waals surface area (Å²) in [4.78, 5) is 9.39. The molecule has 4 rings (SSSR count). The second kappa shape index (κ2) is 7.64. The van der Waals surface area contributed by atoms with Crippen molar-refractivity contribution in [3.05, 3.63) is 47.7 Å². The molecule has 1 saturated heterocycles. The van der Waals surface area contributed by atoms with Crippen LogP contribution in [0.15, 0.2) is 36.5 Å². The molecule has 0 bridgehead atoms. The Morgan fingerprint density at radius 1 is 1.15 bits per heavy atom. The van der Waals surface area contributed by atoms with Gasteiger partial charge >= 0.3 is 0 Å². The van der Waals surface area contributed by atoms with Crippen LogP contribution >= 0.6 is 0 Å². The molecule has 0 atom stereocenters. The number of ether oxygens (including phenoxy) is 1. The lowest BCUT2D eigenvalue weighted by atomic mass is 10.1. The molecule has 0 aliphatic carbocycles. The van der Waals surface area contributed by atoms with Crippen LogP contribution in [0.2, 0.25) is 0 Å². The lowest BCUT2D eigenvalue weighted by Gasteiger charge is -2.28. The van der Waals surface area contributed by atoms with E-state index in [1.54, 1.807) is 0 Å². The number of nitrogens with two attached hydrogens (primary N) is 1. The topological polar surface area (TPSA) is 71.9 Å². The highest BCUT2D eigenvalue weighted by Gasteiger charge is 2.19. The molecule has 1 aliphatic heterocycles. The monoisotopic (exact) mass is 366 g/mol. The maximum Gasteiger partial charge on any atom is 0.182 e. The van der Waals surface area contributed by atoms with E-state index in [1.165, 1.54) is 5.56 Å². The maximum absolute atomic E-state index is 5.81. The van der Waals surface area contributed by atoms with E-state index >= 15 is 0 Å². The second-order valence-electron chi connectivity index (χ2n) is 7.18. The van der Waals surface area contributed by atoms with Crippen molar-refractivity contribution >= 4 is 11.3 Å². The third kappa shape index (κ3) is 3.80. The molecule has 27 heavy (non-hydrogen) atoms. The standard InChI is InChI=1S/C20H26N6O/c1-24(2)13-16-11-18-20(25-6-8-27-9-7-25)22-19(23-26(18)14-16)17-5-3-4-15(10-17)12-21/h3-5,10-11,14H,6-9,12-13,21H2,1-2H3. The number of rotatable bonds is 5. The first-order valence-corrected chi connectivity index (χ1v) is 9.30. The molecule has 7 nitrogen and oxygen atoms in total. The summed E-state index contributed by atoms with van der Waals surface area (Å²) >= 11 is 0. The van der Waals surface area contributed by atoms with Crippen LogP contribution in [0, 0.1) is 0 Å². The fourth-order valence-electron chi connectivity index (χ4n) is 3.46. The summed E-state index contributed by atoms with van der Waals surface area (Å²) in [6.07, 6.45) is 2.09. The van der Waals surface area contributed by atoms with Crippen molar-refractivity contribution in [1.29, 1.82) is 0 Å². The highest BCUT2D eigenvalue weighted by Crippen LogP contribution is 2.26. The summed E-state index contributed by atoms with van der Waals surface area (Å²) in [5.41, 5.74) is 10.1. The van der Waals surface area contributed by atoms with Crippen molar-refractivity contribution in [3.8, 4) is 11.4 Å². The Bertz CT molecular complexity index is 929. The molecule has 0 unspecified atom stereocenters. The number of hydrogen-bond acceptors (Lipinski definition) is 6. The number of anilines is 1. The third-order valence-corrected chi connectivity index (χ3v) is 4.73. The number of benzene rings is 1. The van der Waals surface area contributed by atoms with Gasteiger partial charge in [-0.1, -0.05) is 18.2 Å². The van der Waals surface area contributed by atoms with Crippen LogP contribution in [-0.2, 0) is 17.8 Å². The Labute approximate surface area is 159 Å². The van der Waals surface area contributed by atoms with E-state index in [2.05, 4.69) is 42.2 Å². The number of morpholine rings is 1. The smallest absolute Gasteiger partial charge is 0.182 e. The molecule has 1 aromatic carbocycles. The van der Waals surface area contributed by atoms with Crippen molar-refractivity contribution in [3.63, 3.8) is 0 Å². The number of nitrogens with zero attached hydrogens (tertiary/aromatic N) is 5. The minimum atomic E-state index is 0.503. The van der Waals surface area contributed by atoms with E-state index in [9.17, 15) is 0 Å². The van der Waals surface area contributed by atoms with Crippen LogP contribution in [0.25, 0.3) is 16.9 Å². The Morgan fingerprint density at radius 3 is 2.70 bits per heavy atom. The lowest BCUT2D eigenvalue weighted by Crippen LogP contribution is -2.37. The van der Waals surface area contributed by atoms with E-state index in [0.29, 0.717) is 12.4 Å². The Balaban J connectivity index is 1.84. The molecule has 1 fully saturated rings. The Morgan fingerprint density at radius 2 is 1.96 bits per heavy atom. The van der Waals surface area contributed by atoms with Crippen LogP contribution in [0.4, 0.5) is 5.82 Å². The molecule has 142 valence electrons. The van der Waals surface area contributed by atoms with Gasteiger partial charge in [0.1, 0.15) is 5.52 Å². The molecular formula is C20H26N6O. The molecule has 2 aromatic heterocycles. The zero-order valence-electron chi connectivity index (χ0n) is 15.9. The van der Waals surface area contributed by atoms with E-state index in [1.807, 2.05) is 22.7 Å². The molecule has 3 aromatic rings. The molecule has 2 N–H and O–H groups in total. The highest BCUT2D eigenvalue weighted by molar-refractivity contribution is 5.72. The predicted molar refractivity (Wildman–Crippen MR) is 107 cm³/mol. The fourth-order valence-corrected chi connectivity index (χ4v) is 3.46. The van der Waals surface area contributed by atoms with Crippen LogP contribution in [0.5, 0.6) is 0 Å². The van der Waals surface area contributed by atoms with Crippen LogP contribution in [0.1, 0.15) is 11.1 Å². The van der Waals surface area contributed by atoms with Gasteiger partial charge in [0.2, 0.25) is 0 Å². The van der Waals surface area contributed by atoms with Gasteiger partial charge in [-0.25, -0.2) is 9.50 Å². The van der Waals surface area contributed by atoms with E-state index in [0.717, 1.165) is 55.3 Å². The van der Waals surface area contributed by atoms with Crippen LogP contribution in [-0.4, -0.2) is 59.9 Å². The predicted octanol–water partition coefficient (Wildman–Crippen LogP) is 1.75. The van der Waals surface area contributed by atoms with Crippen molar-refractivity contribution < 1.29 is 4.74 Å². The molecule has 7 heteroatoms. The zero-order chi connectivity index (χ0) is 18.8. The van der Waals surface area contributed by atoms with Gasteiger partial charge in [0.25, 0.3) is 0 Å². The van der Waals surface area contributed by atoms with Gasteiger partial charge in [0, 0.05) is 37.9 Å². The van der Waals surface area contributed by atoms with Crippen molar-refractivity contribution in [2.45, 2.75) is 13.1 Å². The summed E-state index contributed by atoms with van der Waals surface area (Å²) < 4.78 is 7.48. The van der Waals surface area contributed by atoms with Gasteiger partial charge in [-0.3, -0.25) is 0 Å². The number of hydrogen-bond donors (Lipinski definition) is 1. The molecule has 0 spiro atoms. The largest absolute Gasteiger partial charge is 0.378 e. The van der Waals surface area contributed by atoms with Gasteiger partial charge in [0.15, 0.2) is 11.6 Å². The normalized spacial score (nSPS) is 15.0. The molecule has 0 amide bonds. The van der Waals surface area contributed by atoms with Gasteiger partial charge in [0.05, 0.1) is 13.2 Å². The first-order chi connectivity index (χ1) is 13.1. The van der Waals surface area contributed by atoms with Crippen molar-refractivity contribution in [2.24, 2.45) is 5.73 Å². The Hall–Kier alpha value is -2.48. The molecule has 1 aliphatic rings. The summed E-state index contributed by atoms with van der Waals surface area (Å²) in [5.74, 6) is 1.68.